The van der Waals surface area contributed by atoms with Crippen LogP contribution in [0.3, 0.4) is 0 Å². The Balaban J connectivity index is 1.23. The Labute approximate surface area is 195 Å². The summed E-state index contributed by atoms with van der Waals surface area (Å²) in [6.07, 6.45) is 0. The Bertz CT molecular complexity index is 1360. The minimum Gasteiger partial charge on any atom is -0.486 e. The van der Waals surface area contributed by atoms with Crippen molar-refractivity contribution in [1.29, 1.82) is 0 Å². The van der Waals surface area contributed by atoms with Gasteiger partial charge in [0, 0.05) is 37.8 Å². The Kier molecular flexibility index (Phi) is 5.84. The third-order valence-electron chi connectivity index (χ3n) is 5.65. The predicted molar refractivity (Wildman–Crippen MR) is 119 cm³/mol. The number of carbonyl (C=O) groups excluding carboxylic acids is 1. The van der Waals surface area contributed by atoms with Gasteiger partial charge in [0.25, 0.3) is 0 Å². The van der Waals surface area contributed by atoms with Gasteiger partial charge in [-0.05, 0) is 24.3 Å². The second-order valence-electron chi connectivity index (χ2n) is 7.79. The predicted octanol–water partition coefficient (Wildman–Crippen LogP) is 0.808. The molecule has 11 nitrogen and oxygen atoms in total. The van der Waals surface area contributed by atoms with Gasteiger partial charge in [0.2, 0.25) is 21.8 Å². The zero-order valence-corrected chi connectivity index (χ0v) is 18.9. The standard InChI is InChI=1S/C22H22N4O7S/c27-20(15-26-22(28)33-21(23-26)16-4-2-1-3-5-16)24-8-10-25(11-9-24)34(29,30)17-6-7-18-19(14-17)32-13-12-31-18/h1-7,14H,8-13,15H2. The summed E-state index contributed by atoms with van der Waals surface area (Å²) in [4.78, 5) is 26.5. The molecule has 1 amide bonds. The molecule has 0 N–H and O–H groups in total. The summed E-state index contributed by atoms with van der Waals surface area (Å²) in [6, 6.07) is 13.4. The first-order valence-electron chi connectivity index (χ1n) is 10.7. The molecular formula is C22H22N4O7S. The minimum atomic E-state index is -3.76. The number of fused-ring (bicyclic) bond motifs is 1. The van der Waals surface area contributed by atoms with E-state index in [4.69, 9.17) is 13.9 Å². The van der Waals surface area contributed by atoms with Gasteiger partial charge in [0.05, 0.1) is 4.90 Å². The zero-order valence-electron chi connectivity index (χ0n) is 18.1. The number of rotatable bonds is 5. The lowest BCUT2D eigenvalue weighted by Crippen LogP contribution is -2.51. The van der Waals surface area contributed by atoms with Crippen LogP contribution in [0.1, 0.15) is 0 Å². The summed E-state index contributed by atoms with van der Waals surface area (Å²) in [7, 11) is -3.76. The van der Waals surface area contributed by atoms with Gasteiger partial charge in [-0.1, -0.05) is 18.2 Å². The number of ether oxygens (including phenoxy) is 2. The van der Waals surface area contributed by atoms with E-state index in [-0.39, 0.29) is 49.4 Å². The normalized spacial score (nSPS) is 16.4. The quantitative estimate of drug-likeness (QED) is 0.519. The van der Waals surface area contributed by atoms with Gasteiger partial charge in [-0.25, -0.2) is 13.2 Å². The minimum absolute atomic E-state index is 0.110. The van der Waals surface area contributed by atoms with Crippen molar-refractivity contribution < 1.29 is 27.1 Å². The first kappa shape index (κ1) is 22.2. The van der Waals surface area contributed by atoms with Crippen LogP contribution in [0, 0.1) is 0 Å². The van der Waals surface area contributed by atoms with Gasteiger partial charge < -0.3 is 18.8 Å². The average Bonchev–Trinajstić information content (AvgIpc) is 3.24. The molecule has 178 valence electrons. The van der Waals surface area contributed by atoms with E-state index in [1.54, 1.807) is 30.3 Å². The second-order valence-corrected chi connectivity index (χ2v) is 9.73. The molecule has 5 rings (SSSR count). The lowest BCUT2D eigenvalue weighted by molar-refractivity contribution is -0.133. The van der Waals surface area contributed by atoms with Crippen LogP contribution in [0.2, 0.25) is 0 Å². The molecule has 0 spiro atoms. The molecule has 0 unspecified atom stereocenters. The van der Waals surface area contributed by atoms with Gasteiger partial charge in [0.1, 0.15) is 19.8 Å². The third-order valence-corrected chi connectivity index (χ3v) is 7.55. The smallest absolute Gasteiger partial charge is 0.437 e. The van der Waals surface area contributed by atoms with E-state index in [9.17, 15) is 18.0 Å². The van der Waals surface area contributed by atoms with Crippen molar-refractivity contribution in [2.24, 2.45) is 0 Å². The van der Waals surface area contributed by atoms with Crippen molar-refractivity contribution in [2.75, 3.05) is 39.4 Å². The van der Waals surface area contributed by atoms with Gasteiger partial charge in [-0.15, -0.1) is 5.10 Å². The monoisotopic (exact) mass is 486 g/mol. The Morgan fingerprint density at radius 1 is 0.941 bits per heavy atom. The maximum absolute atomic E-state index is 13.1. The molecule has 1 aromatic heterocycles. The number of sulfonamides is 1. The van der Waals surface area contributed by atoms with Crippen molar-refractivity contribution in [2.45, 2.75) is 11.4 Å². The number of piperazine rings is 1. The molecular weight excluding hydrogens is 464 g/mol. The summed E-state index contributed by atoms with van der Waals surface area (Å²) in [5.41, 5.74) is 0.628. The number of carbonyl (C=O) groups is 1. The van der Waals surface area contributed by atoms with Crippen LogP contribution >= 0.6 is 0 Å². The third kappa shape index (κ3) is 4.29. The summed E-state index contributed by atoms with van der Waals surface area (Å²) in [6.45, 7) is 1.14. The van der Waals surface area contributed by atoms with Crippen molar-refractivity contribution in [3.63, 3.8) is 0 Å². The molecule has 0 bridgehead atoms. The van der Waals surface area contributed by atoms with E-state index in [0.717, 1.165) is 4.68 Å². The van der Waals surface area contributed by atoms with E-state index in [1.165, 1.54) is 21.3 Å². The second kappa shape index (κ2) is 8.95. The fourth-order valence-corrected chi connectivity index (χ4v) is 5.28. The van der Waals surface area contributed by atoms with Crippen molar-refractivity contribution in [1.82, 2.24) is 19.0 Å². The highest BCUT2D eigenvalue weighted by atomic mass is 32.2. The largest absolute Gasteiger partial charge is 0.486 e. The summed E-state index contributed by atoms with van der Waals surface area (Å²) in [5, 5.41) is 4.11. The Morgan fingerprint density at radius 3 is 2.38 bits per heavy atom. The molecule has 0 aliphatic carbocycles. The molecule has 0 saturated carbocycles. The molecule has 0 atom stereocenters. The van der Waals surface area contributed by atoms with Crippen LogP contribution in [0.4, 0.5) is 0 Å². The molecule has 3 aromatic rings. The summed E-state index contributed by atoms with van der Waals surface area (Å²) in [5.74, 6) is -0.0274. The van der Waals surface area contributed by atoms with E-state index >= 15 is 0 Å². The van der Waals surface area contributed by atoms with Crippen molar-refractivity contribution in [3.8, 4) is 23.0 Å². The van der Waals surface area contributed by atoms with Crippen molar-refractivity contribution >= 4 is 15.9 Å². The van der Waals surface area contributed by atoms with E-state index in [0.29, 0.717) is 30.3 Å². The van der Waals surface area contributed by atoms with Gasteiger partial charge >= 0.3 is 5.76 Å². The molecule has 2 aliphatic heterocycles. The number of hydrogen-bond donors (Lipinski definition) is 0. The molecule has 2 aliphatic rings. The van der Waals surface area contributed by atoms with Crippen molar-refractivity contribution in [3.05, 3.63) is 59.1 Å². The summed E-state index contributed by atoms with van der Waals surface area (Å²) < 4.78 is 44.6. The van der Waals surface area contributed by atoms with Crippen LogP contribution < -0.4 is 15.2 Å². The van der Waals surface area contributed by atoms with Crippen LogP contribution in [0.25, 0.3) is 11.5 Å². The van der Waals surface area contributed by atoms with Crippen LogP contribution in [0.5, 0.6) is 11.5 Å². The van der Waals surface area contributed by atoms with E-state index in [2.05, 4.69) is 5.10 Å². The number of hydrogen-bond acceptors (Lipinski definition) is 8. The molecule has 0 radical (unpaired) electrons. The number of nitrogens with zero attached hydrogens (tertiary/aromatic N) is 4. The molecule has 1 saturated heterocycles. The fourth-order valence-electron chi connectivity index (χ4n) is 3.84. The maximum atomic E-state index is 13.1. The van der Waals surface area contributed by atoms with Gasteiger partial charge in [-0.2, -0.15) is 8.99 Å². The number of amides is 1. The van der Waals surface area contributed by atoms with E-state index < -0.39 is 15.8 Å². The maximum Gasteiger partial charge on any atom is 0.437 e. The SMILES string of the molecule is O=C(Cn1nc(-c2ccccc2)oc1=O)N1CCN(S(=O)(=O)c2ccc3c(c2)OCCO3)CC1. The van der Waals surface area contributed by atoms with E-state index in [1.807, 2.05) is 6.07 Å². The Hall–Kier alpha value is -3.64. The van der Waals surface area contributed by atoms with Crippen LogP contribution in [0.15, 0.2) is 62.6 Å². The molecule has 3 heterocycles. The zero-order chi connectivity index (χ0) is 23.7. The Morgan fingerprint density at radius 2 is 1.65 bits per heavy atom. The highest BCUT2D eigenvalue weighted by Crippen LogP contribution is 2.33. The first-order chi connectivity index (χ1) is 16.4. The lowest BCUT2D eigenvalue weighted by atomic mass is 10.2. The highest BCUT2D eigenvalue weighted by Gasteiger charge is 2.31. The van der Waals surface area contributed by atoms with Crippen LogP contribution in [-0.4, -0.2) is 72.7 Å². The number of benzene rings is 2. The molecule has 12 heteroatoms. The molecule has 1 fully saturated rings. The van der Waals surface area contributed by atoms with Gasteiger partial charge in [-0.3, -0.25) is 4.79 Å². The molecule has 2 aromatic carbocycles. The summed E-state index contributed by atoms with van der Waals surface area (Å²) >= 11 is 0. The lowest BCUT2D eigenvalue weighted by Gasteiger charge is -2.34. The average molecular weight is 487 g/mol. The number of aromatic nitrogens is 2. The van der Waals surface area contributed by atoms with Gasteiger partial charge in [0.15, 0.2) is 11.5 Å². The fraction of sp³-hybridized carbons (Fsp3) is 0.318. The van der Waals surface area contributed by atoms with Crippen LogP contribution in [-0.2, 0) is 21.4 Å². The molecule has 34 heavy (non-hydrogen) atoms. The topological polar surface area (TPSA) is 124 Å². The highest BCUT2D eigenvalue weighted by molar-refractivity contribution is 7.89. The first-order valence-corrected chi connectivity index (χ1v) is 12.2.